The van der Waals surface area contributed by atoms with Gasteiger partial charge in [-0.15, -0.1) is 0 Å². The predicted molar refractivity (Wildman–Crippen MR) is 38.3 cm³/mol. The normalized spacial score (nSPS) is 25.1. The molecule has 0 aromatic heterocycles. The van der Waals surface area contributed by atoms with Crippen LogP contribution in [-0.4, -0.2) is 13.1 Å². The highest BCUT2D eigenvalue weighted by atomic mass is 16.5. The molecule has 2 heteroatoms. The van der Waals surface area contributed by atoms with Crippen LogP contribution in [0, 0.1) is 12.3 Å². The number of hydrogen-bond donors (Lipinski definition) is 0. The predicted octanol–water partition coefficient (Wildman–Crippen LogP) is 1.55. The minimum Gasteiger partial charge on any atom is -0.469 e. The average Bonchev–Trinajstić information content (AvgIpc) is 2.05. The molecule has 1 unspecified atom stereocenters. The van der Waals surface area contributed by atoms with Crippen molar-refractivity contribution in [1.29, 1.82) is 0 Å². The third-order valence-corrected chi connectivity index (χ3v) is 1.95. The summed E-state index contributed by atoms with van der Waals surface area (Å²) in [4.78, 5) is 10.9. The standard InChI is InChI=1S/C8H13O2/c1-10-8(9)7-5-3-2-4-6-7/h3,7H,2,4-6H2,1H3/q+1. The Bertz CT molecular complexity index is 114. The highest BCUT2D eigenvalue weighted by Gasteiger charge is 2.26. The molecule has 1 aliphatic rings. The third kappa shape index (κ3) is 1.66. The maximum absolute atomic E-state index is 10.9. The number of esters is 1. The lowest BCUT2D eigenvalue weighted by Crippen LogP contribution is -2.18. The second-order valence-electron chi connectivity index (χ2n) is 2.68. The number of hydrogen-bond acceptors (Lipinski definition) is 2. The molecule has 0 amide bonds. The first-order chi connectivity index (χ1) is 4.84. The molecule has 1 rings (SSSR count). The molecule has 1 fully saturated rings. The molecule has 0 spiro atoms. The van der Waals surface area contributed by atoms with Gasteiger partial charge in [-0.25, -0.2) is 0 Å². The van der Waals surface area contributed by atoms with Crippen molar-refractivity contribution < 1.29 is 9.53 Å². The molecule has 1 aliphatic carbocycles. The lowest BCUT2D eigenvalue weighted by Gasteiger charge is -2.12. The monoisotopic (exact) mass is 141 g/mol. The molecule has 0 radical (unpaired) electrons. The zero-order valence-corrected chi connectivity index (χ0v) is 6.30. The fourth-order valence-corrected chi connectivity index (χ4v) is 1.33. The molecule has 0 aromatic rings. The van der Waals surface area contributed by atoms with Crippen LogP contribution in [0.4, 0.5) is 0 Å². The molecule has 0 aromatic carbocycles. The van der Waals surface area contributed by atoms with Crippen LogP contribution in [-0.2, 0) is 9.53 Å². The molecule has 56 valence electrons. The first-order valence-corrected chi connectivity index (χ1v) is 3.74. The van der Waals surface area contributed by atoms with Gasteiger partial charge in [-0.2, -0.15) is 0 Å². The van der Waals surface area contributed by atoms with Gasteiger partial charge in [0.2, 0.25) is 0 Å². The molecule has 1 atom stereocenters. The van der Waals surface area contributed by atoms with E-state index in [1.807, 2.05) is 0 Å². The summed E-state index contributed by atoms with van der Waals surface area (Å²) in [5.74, 6) is 0.106. The van der Waals surface area contributed by atoms with Crippen LogP contribution in [0.3, 0.4) is 0 Å². The van der Waals surface area contributed by atoms with E-state index in [0.717, 1.165) is 25.7 Å². The highest BCUT2D eigenvalue weighted by Crippen LogP contribution is 2.23. The third-order valence-electron chi connectivity index (χ3n) is 1.95. The zero-order valence-electron chi connectivity index (χ0n) is 6.30. The van der Waals surface area contributed by atoms with Crippen molar-refractivity contribution in [3.8, 4) is 0 Å². The molecular weight excluding hydrogens is 128 g/mol. The van der Waals surface area contributed by atoms with E-state index in [1.165, 1.54) is 7.11 Å². The van der Waals surface area contributed by atoms with E-state index in [1.54, 1.807) is 0 Å². The Hall–Kier alpha value is -0.660. The maximum Gasteiger partial charge on any atom is 0.313 e. The molecular formula is C8H13O2+. The van der Waals surface area contributed by atoms with Gasteiger partial charge in [0, 0.05) is 0 Å². The lowest BCUT2D eigenvalue weighted by molar-refractivity contribution is -0.146. The van der Waals surface area contributed by atoms with Crippen LogP contribution in [0.5, 0.6) is 0 Å². The first-order valence-electron chi connectivity index (χ1n) is 3.74. The fraction of sp³-hybridized carbons (Fsp3) is 0.750. The van der Waals surface area contributed by atoms with Crippen molar-refractivity contribution >= 4 is 5.97 Å². The van der Waals surface area contributed by atoms with Crippen LogP contribution in [0.15, 0.2) is 0 Å². The lowest BCUT2D eigenvalue weighted by atomic mass is 9.89. The fourth-order valence-electron chi connectivity index (χ4n) is 1.33. The molecule has 2 nitrogen and oxygen atoms in total. The van der Waals surface area contributed by atoms with Crippen molar-refractivity contribution in [3.63, 3.8) is 0 Å². The number of carbonyl (C=O) groups excluding carboxylic acids is 1. The van der Waals surface area contributed by atoms with E-state index < -0.39 is 0 Å². The van der Waals surface area contributed by atoms with E-state index in [2.05, 4.69) is 11.2 Å². The van der Waals surface area contributed by atoms with E-state index >= 15 is 0 Å². The Labute approximate surface area is 61.6 Å². The van der Waals surface area contributed by atoms with E-state index in [4.69, 9.17) is 0 Å². The smallest absolute Gasteiger partial charge is 0.313 e. The second kappa shape index (κ2) is 3.49. The topological polar surface area (TPSA) is 26.3 Å². The summed E-state index contributed by atoms with van der Waals surface area (Å²) in [6.07, 6.45) is 6.38. The minimum atomic E-state index is -0.0454. The SMILES string of the molecule is COC(=O)C1C[CH+]CCC1. The minimum absolute atomic E-state index is 0.0454. The maximum atomic E-state index is 10.9. The van der Waals surface area contributed by atoms with Crippen molar-refractivity contribution in [2.45, 2.75) is 25.7 Å². The molecule has 0 saturated heterocycles. The van der Waals surface area contributed by atoms with Gasteiger partial charge < -0.3 is 4.74 Å². The largest absolute Gasteiger partial charge is 0.469 e. The van der Waals surface area contributed by atoms with Gasteiger partial charge in [0.25, 0.3) is 0 Å². The van der Waals surface area contributed by atoms with Crippen molar-refractivity contribution in [2.75, 3.05) is 7.11 Å². The van der Waals surface area contributed by atoms with Crippen LogP contribution in [0.1, 0.15) is 25.7 Å². The zero-order chi connectivity index (χ0) is 7.40. The van der Waals surface area contributed by atoms with Crippen LogP contribution >= 0.6 is 0 Å². The average molecular weight is 141 g/mol. The van der Waals surface area contributed by atoms with Crippen LogP contribution in [0.25, 0.3) is 0 Å². The molecule has 0 heterocycles. The summed E-state index contributed by atoms with van der Waals surface area (Å²) in [6.45, 7) is 0. The highest BCUT2D eigenvalue weighted by molar-refractivity contribution is 5.72. The number of ether oxygens (including phenoxy) is 1. The van der Waals surface area contributed by atoms with Gasteiger partial charge in [-0.05, 0) is 12.8 Å². The summed E-state index contributed by atoms with van der Waals surface area (Å²) in [7, 11) is 1.46. The van der Waals surface area contributed by atoms with Gasteiger partial charge >= 0.3 is 5.97 Å². The summed E-state index contributed by atoms with van der Waals surface area (Å²) in [5.41, 5.74) is 0. The van der Waals surface area contributed by atoms with Gasteiger partial charge in [0.05, 0.1) is 25.9 Å². The summed E-state index contributed by atoms with van der Waals surface area (Å²) in [5, 5.41) is 0. The van der Waals surface area contributed by atoms with Crippen molar-refractivity contribution in [2.24, 2.45) is 5.92 Å². The molecule has 0 aliphatic heterocycles. The Morgan fingerprint density at radius 1 is 1.70 bits per heavy atom. The van der Waals surface area contributed by atoms with Gasteiger partial charge in [0.1, 0.15) is 6.42 Å². The Morgan fingerprint density at radius 3 is 3.00 bits per heavy atom. The Kier molecular flexibility index (Phi) is 2.60. The van der Waals surface area contributed by atoms with Crippen LogP contribution < -0.4 is 0 Å². The van der Waals surface area contributed by atoms with Crippen LogP contribution in [0.2, 0.25) is 0 Å². The van der Waals surface area contributed by atoms with E-state index in [9.17, 15) is 4.79 Å². The Morgan fingerprint density at radius 2 is 2.50 bits per heavy atom. The van der Waals surface area contributed by atoms with Gasteiger partial charge in [-0.1, -0.05) is 0 Å². The van der Waals surface area contributed by atoms with Crippen molar-refractivity contribution in [1.82, 2.24) is 0 Å². The number of rotatable bonds is 1. The van der Waals surface area contributed by atoms with Crippen molar-refractivity contribution in [3.05, 3.63) is 6.42 Å². The summed E-state index contributed by atoms with van der Waals surface area (Å²) in [6, 6.07) is 0. The molecule has 0 N–H and O–H groups in total. The van der Waals surface area contributed by atoms with E-state index in [-0.39, 0.29) is 11.9 Å². The number of methoxy groups -OCH3 is 1. The van der Waals surface area contributed by atoms with Gasteiger partial charge in [-0.3, -0.25) is 4.79 Å². The summed E-state index contributed by atoms with van der Waals surface area (Å²) >= 11 is 0. The quantitative estimate of drug-likeness (QED) is 0.409. The molecule has 0 bridgehead atoms. The molecule has 1 saturated carbocycles. The Balaban J connectivity index is 2.31. The second-order valence-corrected chi connectivity index (χ2v) is 2.68. The van der Waals surface area contributed by atoms with E-state index in [0.29, 0.717) is 0 Å². The number of carbonyl (C=O) groups is 1. The first kappa shape index (κ1) is 7.45. The van der Waals surface area contributed by atoms with Gasteiger partial charge in [0.15, 0.2) is 0 Å². The molecule has 10 heavy (non-hydrogen) atoms. The summed E-state index contributed by atoms with van der Waals surface area (Å²) < 4.78 is 4.63.